The van der Waals surface area contributed by atoms with E-state index < -0.39 is 17.0 Å². The maximum atomic E-state index is 13.5. The molecule has 9 heteroatoms. The van der Waals surface area contributed by atoms with E-state index in [4.69, 9.17) is 4.18 Å². The Morgan fingerprint density at radius 3 is 2.29 bits per heavy atom. The fourth-order valence-corrected chi connectivity index (χ4v) is 4.23. The molecule has 31 heavy (non-hydrogen) atoms. The van der Waals surface area contributed by atoms with Gasteiger partial charge in [0.1, 0.15) is 5.65 Å². The SMILES string of the molecule is CCc1nc2c(c3c1C(=O)C(c1ccc(SOC)cc1)=CC3=O)c(=O)n(C)c(=O)n2C. The van der Waals surface area contributed by atoms with E-state index in [9.17, 15) is 19.2 Å². The minimum atomic E-state index is -0.650. The fourth-order valence-electron chi connectivity index (χ4n) is 3.79. The van der Waals surface area contributed by atoms with Crippen molar-refractivity contribution >= 4 is 40.2 Å². The molecule has 4 rings (SSSR count). The third kappa shape index (κ3) is 3.17. The van der Waals surface area contributed by atoms with Crippen LogP contribution >= 0.6 is 12.0 Å². The van der Waals surface area contributed by atoms with Gasteiger partial charge < -0.3 is 4.18 Å². The first-order valence-corrected chi connectivity index (χ1v) is 10.3. The highest BCUT2D eigenvalue weighted by atomic mass is 32.2. The topological polar surface area (TPSA) is 100 Å². The number of benzene rings is 1. The molecule has 0 spiro atoms. The number of rotatable bonds is 4. The third-order valence-corrected chi connectivity index (χ3v) is 5.97. The summed E-state index contributed by atoms with van der Waals surface area (Å²) in [5.74, 6) is -0.832. The minimum absolute atomic E-state index is 0.0124. The Morgan fingerprint density at radius 2 is 1.68 bits per heavy atom. The number of pyridine rings is 1. The summed E-state index contributed by atoms with van der Waals surface area (Å²) in [4.78, 5) is 57.2. The number of hydrogen-bond donors (Lipinski definition) is 0. The minimum Gasteiger partial charge on any atom is -0.314 e. The van der Waals surface area contributed by atoms with Crippen LogP contribution in [0.1, 0.15) is 38.9 Å². The summed E-state index contributed by atoms with van der Waals surface area (Å²) in [7, 11) is 4.38. The van der Waals surface area contributed by atoms with Crippen molar-refractivity contribution in [1.82, 2.24) is 14.1 Å². The van der Waals surface area contributed by atoms with Gasteiger partial charge in [-0.05, 0) is 30.2 Å². The van der Waals surface area contributed by atoms with E-state index in [1.807, 2.05) is 0 Å². The molecule has 0 saturated carbocycles. The second-order valence-corrected chi connectivity index (χ2v) is 8.06. The quantitative estimate of drug-likeness (QED) is 0.578. The second kappa shape index (κ2) is 7.75. The Balaban J connectivity index is 2.01. The van der Waals surface area contributed by atoms with E-state index in [0.29, 0.717) is 17.7 Å². The van der Waals surface area contributed by atoms with E-state index in [0.717, 1.165) is 9.46 Å². The lowest BCUT2D eigenvalue weighted by atomic mass is 9.83. The highest BCUT2D eigenvalue weighted by Crippen LogP contribution is 2.33. The molecule has 0 fully saturated rings. The molecule has 0 bridgehead atoms. The number of fused-ring (bicyclic) bond motifs is 3. The normalized spacial score (nSPS) is 13.5. The van der Waals surface area contributed by atoms with Crippen molar-refractivity contribution < 1.29 is 13.8 Å². The van der Waals surface area contributed by atoms with E-state index in [2.05, 4.69) is 4.98 Å². The van der Waals surface area contributed by atoms with Crippen molar-refractivity contribution in [2.45, 2.75) is 18.2 Å². The van der Waals surface area contributed by atoms with E-state index in [-0.39, 0.29) is 33.5 Å². The molecule has 1 aliphatic rings. The maximum Gasteiger partial charge on any atom is 0.332 e. The van der Waals surface area contributed by atoms with Crippen LogP contribution in [0.2, 0.25) is 0 Å². The lowest BCUT2D eigenvalue weighted by molar-refractivity contribution is 0.100. The van der Waals surface area contributed by atoms with Crippen molar-refractivity contribution in [3.8, 4) is 0 Å². The van der Waals surface area contributed by atoms with Gasteiger partial charge in [-0.15, -0.1) is 0 Å². The van der Waals surface area contributed by atoms with Crippen molar-refractivity contribution in [3.63, 3.8) is 0 Å². The lowest BCUT2D eigenvalue weighted by Crippen LogP contribution is -2.39. The van der Waals surface area contributed by atoms with Gasteiger partial charge in [-0.1, -0.05) is 19.1 Å². The number of carbonyl (C=O) groups excluding carboxylic acids is 2. The monoisotopic (exact) mass is 437 g/mol. The van der Waals surface area contributed by atoms with Gasteiger partial charge in [0.05, 0.1) is 29.3 Å². The first kappa shape index (κ1) is 21.0. The van der Waals surface area contributed by atoms with Crippen LogP contribution in [0, 0.1) is 0 Å². The molecule has 0 unspecified atom stereocenters. The van der Waals surface area contributed by atoms with Gasteiger partial charge in [-0.25, -0.2) is 9.78 Å². The van der Waals surface area contributed by atoms with E-state index in [1.165, 1.54) is 36.8 Å². The molecule has 1 aromatic carbocycles. The molecule has 0 amide bonds. The van der Waals surface area contributed by atoms with E-state index >= 15 is 0 Å². The molecule has 0 radical (unpaired) electrons. The van der Waals surface area contributed by atoms with Crippen LogP contribution in [0.15, 0.2) is 44.8 Å². The number of hydrogen-bond acceptors (Lipinski definition) is 7. The average Bonchev–Trinajstić information content (AvgIpc) is 2.78. The molecular formula is C22H19N3O5S. The number of ketones is 2. The molecule has 1 aliphatic carbocycles. The van der Waals surface area contributed by atoms with Crippen LogP contribution in [-0.2, 0) is 24.7 Å². The zero-order chi connectivity index (χ0) is 22.4. The van der Waals surface area contributed by atoms with Gasteiger partial charge in [0.25, 0.3) is 5.56 Å². The average molecular weight is 437 g/mol. The van der Waals surface area contributed by atoms with Gasteiger partial charge in [-0.3, -0.25) is 23.5 Å². The zero-order valence-electron chi connectivity index (χ0n) is 17.4. The highest BCUT2D eigenvalue weighted by molar-refractivity contribution is 7.94. The predicted octanol–water partition coefficient (Wildman–Crippen LogP) is 2.31. The molecule has 0 aliphatic heterocycles. The molecule has 2 aromatic heterocycles. The van der Waals surface area contributed by atoms with Crippen molar-refractivity contribution in [2.24, 2.45) is 14.1 Å². The van der Waals surface area contributed by atoms with Crippen LogP contribution in [0.25, 0.3) is 16.6 Å². The predicted molar refractivity (Wildman–Crippen MR) is 118 cm³/mol. The first-order chi connectivity index (χ1) is 14.8. The smallest absolute Gasteiger partial charge is 0.314 e. The Morgan fingerprint density at radius 1 is 1.00 bits per heavy atom. The summed E-state index contributed by atoms with van der Waals surface area (Å²) in [5.41, 5.74) is 0.241. The molecule has 8 nitrogen and oxygen atoms in total. The van der Waals surface area contributed by atoms with Gasteiger partial charge >= 0.3 is 5.69 Å². The largest absolute Gasteiger partial charge is 0.332 e. The molecule has 2 heterocycles. The lowest BCUT2D eigenvalue weighted by Gasteiger charge is -2.20. The van der Waals surface area contributed by atoms with E-state index in [1.54, 1.807) is 38.3 Å². The Kier molecular flexibility index (Phi) is 5.24. The summed E-state index contributed by atoms with van der Waals surface area (Å²) in [6.45, 7) is 1.81. The summed E-state index contributed by atoms with van der Waals surface area (Å²) >= 11 is 1.19. The summed E-state index contributed by atoms with van der Waals surface area (Å²) in [6, 6.07) is 7.07. The van der Waals surface area contributed by atoms with Gasteiger partial charge in [0, 0.05) is 36.6 Å². The number of Topliss-reactive ketones (excluding diaryl/α,β-unsaturated/α-hetero) is 1. The van der Waals surface area contributed by atoms with Gasteiger partial charge in [-0.2, -0.15) is 0 Å². The number of carbonyl (C=O) groups is 2. The van der Waals surface area contributed by atoms with Crippen LogP contribution < -0.4 is 11.2 Å². The molecule has 3 aromatic rings. The Labute approximate surface area is 181 Å². The van der Waals surface area contributed by atoms with Crippen LogP contribution in [0.4, 0.5) is 0 Å². The highest BCUT2D eigenvalue weighted by Gasteiger charge is 2.33. The molecule has 0 atom stereocenters. The van der Waals surface area contributed by atoms with Crippen LogP contribution in [-0.4, -0.2) is 32.8 Å². The van der Waals surface area contributed by atoms with Gasteiger partial charge in [0.15, 0.2) is 11.6 Å². The Hall–Kier alpha value is -3.30. The Bertz CT molecular complexity index is 1410. The summed E-state index contributed by atoms with van der Waals surface area (Å²) in [5, 5.41) is -0.0164. The first-order valence-electron chi connectivity index (χ1n) is 9.54. The van der Waals surface area contributed by atoms with Crippen molar-refractivity contribution in [1.29, 1.82) is 0 Å². The summed E-state index contributed by atoms with van der Waals surface area (Å²) < 4.78 is 7.16. The molecule has 158 valence electrons. The van der Waals surface area contributed by atoms with Gasteiger partial charge in [0.2, 0.25) is 0 Å². The number of aromatic nitrogens is 3. The molecular weight excluding hydrogens is 418 g/mol. The second-order valence-electron chi connectivity index (χ2n) is 7.09. The van der Waals surface area contributed by atoms with Crippen molar-refractivity contribution in [3.05, 3.63) is 73.6 Å². The zero-order valence-corrected chi connectivity index (χ0v) is 18.2. The maximum absolute atomic E-state index is 13.5. The van der Waals surface area contributed by atoms with Crippen molar-refractivity contribution in [2.75, 3.05) is 7.11 Å². The number of allylic oxidation sites excluding steroid dienone is 2. The molecule has 0 N–H and O–H groups in total. The van der Waals surface area contributed by atoms with Crippen LogP contribution in [0.5, 0.6) is 0 Å². The number of nitrogens with zero attached hydrogens (tertiary/aromatic N) is 3. The third-order valence-electron chi connectivity index (χ3n) is 5.34. The fraction of sp³-hybridized carbons (Fsp3) is 0.227. The number of aryl methyl sites for hydroxylation is 2. The molecule has 0 saturated heterocycles. The summed E-state index contributed by atoms with van der Waals surface area (Å²) in [6.07, 6.45) is 1.62. The standard InChI is InChI=1S/C22H19N3O5S/c1-5-14-16-17(18-20(23-14)24(2)22(29)25(3)21(18)28)15(26)10-13(19(16)27)11-6-8-12(9-7-11)31-30-4/h6-10H,5H2,1-4H3. The van der Waals surface area contributed by atoms with Crippen LogP contribution in [0.3, 0.4) is 0 Å².